The van der Waals surface area contributed by atoms with Crippen molar-refractivity contribution in [2.75, 3.05) is 39.3 Å². The number of hydrogen-bond donors (Lipinski definition) is 18. The molecular weight excluding hydrogens is 1110 g/mol. The van der Waals surface area contributed by atoms with Crippen LogP contribution in [0.4, 0.5) is 0 Å². The Morgan fingerprint density at radius 1 is 0.442 bits per heavy atom. The lowest BCUT2D eigenvalue weighted by atomic mass is 9.99. The third kappa shape index (κ3) is 33.1. The fourth-order valence-electron chi connectivity index (χ4n) is 8.75. The first-order valence-corrected chi connectivity index (χ1v) is 29.7. The van der Waals surface area contributed by atoms with Crippen LogP contribution < -0.4 is 93.7 Å². The third-order valence-electron chi connectivity index (χ3n) is 13.4. The van der Waals surface area contributed by atoms with E-state index in [0.717, 1.165) is 0 Å². The van der Waals surface area contributed by atoms with Crippen molar-refractivity contribution in [1.82, 2.24) is 47.9 Å². The molecule has 0 unspecified atom stereocenters. The second-order valence-electron chi connectivity index (χ2n) is 22.1. The number of unbranched alkanes of at least 4 members (excludes halogenated alkanes) is 3. The molecule has 26 N–H and O–H groups in total. The van der Waals surface area contributed by atoms with Gasteiger partial charge < -0.3 is 98.8 Å². The van der Waals surface area contributed by atoms with Gasteiger partial charge in [-0.05, 0) is 140 Å². The Labute approximate surface area is 505 Å². The van der Waals surface area contributed by atoms with Gasteiger partial charge >= 0.3 is 5.97 Å². The Bertz CT molecular complexity index is 2340. The molecule has 0 aliphatic carbocycles. The van der Waals surface area contributed by atoms with Crippen molar-refractivity contribution in [3.8, 4) is 0 Å². The van der Waals surface area contributed by atoms with Crippen molar-refractivity contribution in [3.05, 3.63) is 35.9 Å². The van der Waals surface area contributed by atoms with Crippen LogP contribution >= 0.6 is 0 Å². The van der Waals surface area contributed by atoms with E-state index in [4.69, 9.17) is 45.9 Å². The predicted molar refractivity (Wildman–Crippen MR) is 327 cm³/mol. The number of amides is 9. The number of carbonyl (C=O) groups is 10. The van der Waals surface area contributed by atoms with Crippen LogP contribution in [0.2, 0.25) is 0 Å². The molecule has 0 fully saturated rings. The van der Waals surface area contributed by atoms with Crippen molar-refractivity contribution < 1.29 is 53.1 Å². The number of carboxylic acid groups (broad SMARTS) is 1. The lowest BCUT2D eigenvalue weighted by Crippen LogP contribution is -2.60. The van der Waals surface area contributed by atoms with Crippen LogP contribution in [0.5, 0.6) is 0 Å². The quantitative estimate of drug-likeness (QED) is 0.0169. The molecule has 0 saturated heterocycles. The summed E-state index contributed by atoms with van der Waals surface area (Å²) in [6, 6.07) is -2.31. The zero-order chi connectivity index (χ0) is 64.7. The highest BCUT2D eigenvalue weighted by Crippen LogP contribution is 2.13. The van der Waals surface area contributed by atoms with E-state index in [1.54, 1.807) is 30.3 Å². The highest BCUT2D eigenvalue weighted by atomic mass is 16.4. The van der Waals surface area contributed by atoms with Crippen molar-refractivity contribution in [2.45, 2.75) is 192 Å². The normalized spacial score (nSPS) is 14.2. The molecule has 0 saturated carbocycles. The van der Waals surface area contributed by atoms with E-state index < -0.39 is 120 Å². The Balaban J connectivity index is 3.39. The molecule has 9 atom stereocenters. The molecule has 0 bridgehead atoms. The number of nitrogens with one attached hydrogen (secondary N) is 9. The van der Waals surface area contributed by atoms with Crippen LogP contribution in [-0.2, 0) is 54.4 Å². The van der Waals surface area contributed by atoms with Crippen molar-refractivity contribution >= 4 is 71.1 Å². The molecule has 0 spiro atoms. The second kappa shape index (κ2) is 43.0. The first-order chi connectivity index (χ1) is 40.7. The highest BCUT2D eigenvalue weighted by molar-refractivity contribution is 5.98. The Morgan fingerprint density at radius 3 is 1.21 bits per heavy atom. The van der Waals surface area contributed by atoms with Gasteiger partial charge in [0.1, 0.15) is 48.3 Å². The number of rotatable bonds is 45. The first-order valence-electron chi connectivity index (χ1n) is 29.7. The SMILES string of the molecule is CC(C)C[C@H](NC(=O)[C@H](C)NC(=O)[C@H](CCCCN)NC(=O)[C@H](CCCN=C(N)N)NC(=O)[C@H](CCCCN)NC(=O)CNC(=O)[C@H](N)CCCN=C(N)N)C(=O)N[C@@H](CCCCN)C(=O)N[C@@H](CC(C)C)C(=O)N[C@@H](Cc1ccccc1)C(=O)O. The summed E-state index contributed by atoms with van der Waals surface area (Å²) < 4.78 is 0. The minimum absolute atomic E-state index is 0.0113. The Hall–Kier alpha value is -7.70. The molecule has 9 amide bonds. The summed E-state index contributed by atoms with van der Waals surface area (Å²) >= 11 is 0. The van der Waals surface area contributed by atoms with E-state index in [1.165, 1.54) is 6.92 Å². The molecule has 1 aromatic rings. The van der Waals surface area contributed by atoms with Gasteiger partial charge in [0.15, 0.2) is 11.9 Å². The van der Waals surface area contributed by atoms with Crippen LogP contribution in [0.1, 0.15) is 136 Å². The average molecular weight is 1220 g/mol. The van der Waals surface area contributed by atoms with Crippen LogP contribution in [0.3, 0.4) is 0 Å². The number of aliphatic imine (C=N–C) groups is 2. The predicted octanol–water partition coefficient (Wildman–Crippen LogP) is -3.76. The topological polar surface area (TPSA) is 532 Å². The second-order valence-corrected chi connectivity index (χ2v) is 22.1. The number of nitrogens with two attached hydrogens (primary N) is 8. The molecule has 30 heteroatoms. The molecule has 1 rings (SSSR count). The first kappa shape index (κ1) is 76.3. The molecule has 0 aromatic heterocycles. The number of hydrogen-bond acceptors (Lipinski definition) is 16. The zero-order valence-electron chi connectivity index (χ0n) is 50.8. The number of carbonyl (C=O) groups excluding carboxylic acids is 9. The molecular formula is C56H101N19O11. The average Bonchev–Trinajstić information content (AvgIpc) is 3.27. The van der Waals surface area contributed by atoms with Gasteiger partial charge in [0.25, 0.3) is 0 Å². The van der Waals surface area contributed by atoms with Crippen LogP contribution in [0, 0.1) is 11.8 Å². The third-order valence-corrected chi connectivity index (χ3v) is 13.4. The minimum Gasteiger partial charge on any atom is -0.480 e. The fourth-order valence-corrected chi connectivity index (χ4v) is 8.75. The maximum atomic E-state index is 14.3. The molecule has 0 heterocycles. The summed E-state index contributed by atoms with van der Waals surface area (Å²) in [7, 11) is 0. The van der Waals surface area contributed by atoms with Gasteiger partial charge in [0.2, 0.25) is 53.2 Å². The van der Waals surface area contributed by atoms with E-state index in [0.29, 0.717) is 50.5 Å². The monoisotopic (exact) mass is 1220 g/mol. The zero-order valence-corrected chi connectivity index (χ0v) is 50.8. The number of guanidine groups is 2. The minimum atomic E-state index is -1.32. The van der Waals surface area contributed by atoms with Gasteiger partial charge in [0, 0.05) is 19.5 Å². The van der Waals surface area contributed by atoms with Gasteiger partial charge in [-0.1, -0.05) is 58.0 Å². The van der Waals surface area contributed by atoms with Gasteiger partial charge in [-0.2, -0.15) is 0 Å². The van der Waals surface area contributed by atoms with E-state index in [2.05, 4.69) is 57.8 Å². The van der Waals surface area contributed by atoms with Crippen LogP contribution in [0.25, 0.3) is 0 Å². The largest absolute Gasteiger partial charge is 0.480 e. The van der Waals surface area contributed by atoms with Crippen molar-refractivity contribution in [2.24, 2.45) is 67.7 Å². The maximum absolute atomic E-state index is 14.3. The summed E-state index contributed by atoms with van der Waals surface area (Å²) in [5.41, 5.74) is 45.6. The van der Waals surface area contributed by atoms with Gasteiger partial charge in [0.05, 0.1) is 12.6 Å². The summed E-state index contributed by atoms with van der Waals surface area (Å²) in [5.74, 6) is -8.58. The van der Waals surface area contributed by atoms with E-state index in [-0.39, 0.29) is 114 Å². The summed E-state index contributed by atoms with van der Waals surface area (Å²) in [6.07, 6.45) is 3.75. The lowest BCUT2D eigenvalue weighted by Gasteiger charge is -2.28. The van der Waals surface area contributed by atoms with Gasteiger partial charge in [-0.25, -0.2) is 4.79 Å². The standard InChI is InChI=1S/C56H101N19O11/c1-33(2)29-42(52(83)72-40(22-11-14-26-59)51(82)74-43(30-34(3)4)53(84)75-44(54(85)86)31-36-17-7-6-8-18-36)73-46(77)35(5)68-48(79)39(21-10-13-25-58)70-50(81)41(23-16-28-66-56(63)64)71-49(80)38(20-9-12-24-57)69-45(76)32-67-47(78)37(60)19-15-27-65-55(61)62/h6-8,17-18,33-35,37-44H,9-16,19-32,57-60H2,1-5H3,(H,67,78)(H,68,79)(H,69,76)(H,70,81)(H,71,80)(H,72,83)(H,73,77)(H,74,82)(H,75,84)(H,85,86)(H4,61,62,65)(H4,63,64,66)/t35-,37+,38-,39-,40-,41-,42-,43-,44-/m0/s1. The van der Waals surface area contributed by atoms with E-state index >= 15 is 0 Å². The van der Waals surface area contributed by atoms with E-state index in [9.17, 15) is 53.1 Å². The number of carboxylic acids is 1. The molecule has 0 radical (unpaired) electrons. The smallest absolute Gasteiger partial charge is 0.326 e. The molecule has 1 aromatic carbocycles. The number of aliphatic carboxylic acids is 1. The maximum Gasteiger partial charge on any atom is 0.326 e. The molecule has 0 aliphatic heterocycles. The molecule has 86 heavy (non-hydrogen) atoms. The van der Waals surface area contributed by atoms with Crippen LogP contribution in [0.15, 0.2) is 40.3 Å². The Kier molecular flexibility index (Phi) is 38.2. The molecule has 30 nitrogen and oxygen atoms in total. The van der Waals surface area contributed by atoms with E-state index in [1.807, 2.05) is 27.7 Å². The lowest BCUT2D eigenvalue weighted by molar-refractivity contribution is -0.142. The fraction of sp³-hybridized carbons (Fsp3) is 0.679. The Morgan fingerprint density at radius 2 is 0.802 bits per heavy atom. The molecule has 486 valence electrons. The van der Waals surface area contributed by atoms with Crippen LogP contribution in [-0.4, -0.2) is 170 Å². The van der Waals surface area contributed by atoms with Gasteiger partial charge in [-0.15, -0.1) is 0 Å². The summed E-state index contributed by atoms with van der Waals surface area (Å²) in [4.78, 5) is 144. The van der Waals surface area contributed by atoms with Crippen molar-refractivity contribution in [1.29, 1.82) is 0 Å². The summed E-state index contributed by atoms with van der Waals surface area (Å²) in [6.45, 7) is 9.25. The highest BCUT2D eigenvalue weighted by Gasteiger charge is 2.35. The summed E-state index contributed by atoms with van der Waals surface area (Å²) in [5, 5.41) is 33.8. The van der Waals surface area contributed by atoms with Crippen molar-refractivity contribution in [3.63, 3.8) is 0 Å². The van der Waals surface area contributed by atoms with Gasteiger partial charge in [-0.3, -0.25) is 53.1 Å². The molecule has 0 aliphatic rings. The number of benzene rings is 1. The number of nitrogens with zero attached hydrogens (tertiary/aromatic N) is 2.